The van der Waals surface area contributed by atoms with E-state index >= 15 is 0 Å². The van der Waals surface area contributed by atoms with E-state index in [1.54, 1.807) is 12.4 Å². The van der Waals surface area contributed by atoms with Crippen LogP contribution in [0.1, 0.15) is 0 Å². The van der Waals surface area contributed by atoms with Crippen LogP contribution >= 0.6 is 8.58 Å². The van der Waals surface area contributed by atoms with Crippen molar-refractivity contribution in [1.82, 2.24) is 30.8 Å². The van der Waals surface area contributed by atoms with Crippen LogP contribution in [0.2, 0.25) is 0 Å². The van der Waals surface area contributed by atoms with E-state index in [-0.39, 0.29) is 0 Å². The fourth-order valence-electron chi connectivity index (χ4n) is 0.655. The van der Waals surface area contributed by atoms with Gasteiger partial charge in [-0.25, -0.2) is 0 Å². The van der Waals surface area contributed by atoms with E-state index in [4.69, 9.17) is 0 Å². The second-order valence-electron chi connectivity index (χ2n) is 1.84. The Kier molecular flexibility index (Phi) is 1.61. The second kappa shape index (κ2) is 2.75. The lowest BCUT2D eigenvalue weighted by Crippen LogP contribution is -2.04. The van der Waals surface area contributed by atoms with E-state index in [9.17, 15) is 0 Å². The smallest absolute Gasteiger partial charge is 0.108 e. The van der Waals surface area contributed by atoms with Gasteiger partial charge in [-0.15, -0.1) is 0 Å². The standard InChI is InChI=1S/C4H5N6P/c1-3(7-9-5-1)11-4-2-6-10-8-4/h1-2,11H,(H,5,7,9)(H,6,8,10). The van der Waals surface area contributed by atoms with Gasteiger partial charge in [0.15, 0.2) is 0 Å². The Bertz CT molecular complexity index is 267. The number of nitrogens with one attached hydrogen (secondary N) is 2. The van der Waals surface area contributed by atoms with Crippen LogP contribution in [0.4, 0.5) is 0 Å². The predicted octanol–water partition coefficient (Wildman–Crippen LogP) is -1.45. The summed E-state index contributed by atoms with van der Waals surface area (Å²) in [5.74, 6) is 0. The van der Waals surface area contributed by atoms with Gasteiger partial charge in [0.25, 0.3) is 0 Å². The molecule has 0 bridgehead atoms. The summed E-state index contributed by atoms with van der Waals surface area (Å²) < 4.78 is 0. The third kappa shape index (κ3) is 1.40. The van der Waals surface area contributed by atoms with E-state index in [0.717, 1.165) is 10.9 Å². The van der Waals surface area contributed by atoms with Crippen LogP contribution < -0.4 is 10.9 Å². The molecular weight excluding hydrogens is 163 g/mol. The highest BCUT2D eigenvalue weighted by Gasteiger charge is 1.99. The number of aromatic nitrogens is 6. The molecular formula is C4H5N6P. The first-order chi connectivity index (χ1) is 5.45. The summed E-state index contributed by atoms with van der Waals surface area (Å²) in [7, 11) is 0.416. The predicted molar refractivity (Wildman–Crippen MR) is 40.3 cm³/mol. The number of hydrogen-bond acceptors (Lipinski definition) is 4. The van der Waals surface area contributed by atoms with Gasteiger partial charge in [-0.3, -0.25) is 0 Å². The fourth-order valence-corrected chi connectivity index (χ4v) is 1.39. The summed E-state index contributed by atoms with van der Waals surface area (Å²) in [6, 6.07) is 0. The first kappa shape index (κ1) is 6.42. The molecule has 2 heterocycles. The van der Waals surface area contributed by atoms with Gasteiger partial charge >= 0.3 is 0 Å². The summed E-state index contributed by atoms with van der Waals surface area (Å²) in [5.41, 5.74) is 1.78. The molecule has 2 N–H and O–H groups in total. The van der Waals surface area contributed by atoms with E-state index in [0.29, 0.717) is 8.58 Å². The molecule has 7 heteroatoms. The molecule has 0 aliphatic rings. The number of nitrogens with zero attached hydrogens (tertiary/aromatic N) is 4. The number of hydrogen-bond donors (Lipinski definition) is 2. The van der Waals surface area contributed by atoms with Crippen LogP contribution in [0.5, 0.6) is 0 Å². The van der Waals surface area contributed by atoms with Gasteiger partial charge in [-0.2, -0.15) is 30.8 Å². The first-order valence-electron chi connectivity index (χ1n) is 2.94. The van der Waals surface area contributed by atoms with Gasteiger partial charge in [-0.05, 0) is 8.58 Å². The number of rotatable bonds is 2. The summed E-state index contributed by atoms with van der Waals surface area (Å²) in [6.07, 6.45) is 3.35. The molecule has 0 aliphatic heterocycles. The zero-order valence-electron chi connectivity index (χ0n) is 5.44. The van der Waals surface area contributed by atoms with Crippen molar-refractivity contribution in [2.75, 3.05) is 0 Å². The molecule has 11 heavy (non-hydrogen) atoms. The molecule has 0 fully saturated rings. The van der Waals surface area contributed by atoms with Crippen LogP contribution in [0.3, 0.4) is 0 Å². The van der Waals surface area contributed by atoms with E-state index in [2.05, 4.69) is 30.8 Å². The maximum absolute atomic E-state index is 3.89. The van der Waals surface area contributed by atoms with E-state index in [1.165, 1.54) is 0 Å². The minimum atomic E-state index is 0.416. The molecule has 2 aromatic heterocycles. The molecule has 0 saturated carbocycles. The van der Waals surface area contributed by atoms with Crippen molar-refractivity contribution in [3.63, 3.8) is 0 Å². The molecule has 56 valence electrons. The Hall–Kier alpha value is -1.29. The van der Waals surface area contributed by atoms with Crippen molar-refractivity contribution < 1.29 is 0 Å². The highest BCUT2D eigenvalue weighted by molar-refractivity contribution is 7.54. The molecule has 0 atom stereocenters. The Labute approximate surface area is 63.6 Å². The summed E-state index contributed by atoms with van der Waals surface area (Å²) in [4.78, 5) is 0. The SMILES string of the molecule is c1n[nH]nc1Pc1cn[nH]n1. The summed E-state index contributed by atoms with van der Waals surface area (Å²) in [6.45, 7) is 0. The van der Waals surface area contributed by atoms with Crippen LogP contribution in [0, 0.1) is 0 Å². The number of H-pyrrole nitrogens is 2. The lowest BCUT2D eigenvalue weighted by Gasteiger charge is -1.85. The minimum absolute atomic E-state index is 0.416. The molecule has 0 aromatic carbocycles. The van der Waals surface area contributed by atoms with Crippen molar-refractivity contribution >= 4 is 19.5 Å². The largest absolute Gasteiger partial charge is 0.197 e. The summed E-state index contributed by atoms with van der Waals surface area (Å²) >= 11 is 0. The van der Waals surface area contributed by atoms with Crippen LogP contribution in [-0.4, -0.2) is 30.8 Å². The first-order valence-corrected chi connectivity index (χ1v) is 3.94. The van der Waals surface area contributed by atoms with Gasteiger partial charge in [0.1, 0.15) is 10.9 Å². The number of aromatic amines is 2. The normalized spacial score (nSPS) is 10.2. The Morgan fingerprint density at radius 1 is 1.00 bits per heavy atom. The zero-order chi connectivity index (χ0) is 7.52. The monoisotopic (exact) mass is 168 g/mol. The fraction of sp³-hybridized carbons (Fsp3) is 0. The average molecular weight is 168 g/mol. The Morgan fingerprint density at radius 3 is 1.91 bits per heavy atom. The molecule has 6 nitrogen and oxygen atoms in total. The van der Waals surface area contributed by atoms with Gasteiger partial charge in [-0.1, -0.05) is 0 Å². The molecule has 0 radical (unpaired) electrons. The van der Waals surface area contributed by atoms with Crippen molar-refractivity contribution in [2.45, 2.75) is 0 Å². The van der Waals surface area contributed by atoms with Crippen molar-refractivity contribution in [1.29, 1.82) is 0 Å². The quantitative estimate of drug-likeness (QED) is 0.537. The summed E-state index contributed by atoms with van der Waals surface area (Å²) in [5, 5.41) is 20.2. The van der Waals surface area contributed by atoms with Crippen LogP contribution in [-0.2, 0) is 0 Å². The minimum Gasteiger partial charge on any atom is -0.197 e. The van der Waals surface area contributed by atoms with Crippen molar-refractivity contribution in [3.05, 3.63) is 12.4 Å². The third-order valence-electron chi connectivity index (χ3n) is 1.09. The van der Waals surface area contributed by atoms with Crippen molar-refractivity contribution in [3.8, 4) is 0 Å². The molecule has 0 saturated heterocycles. The highest BCUT2D eigenvalue weighted by Crippen LogP contribution is 2.02. The van der Waals surface area contributed by atoms with E-state index in [1.807, 2.05) is 0 Å². The Balaban J connectivity index is 2.14. The molecule has 2 aromatic rings. The molecule has 0 spiro atoms. The van der Waals surface area contributed by atoms with Crippen LogP contribution in [0.15, 0.2) is 12.4 Å². The Morgan fingerprint density at radius 2 is 1.55 bits per heavy atom. The average Bonchev–Trinajstić information content (AvgIpc) is 2.60. The maximum atomic E-state index is 3.89. The molecule has 0 amide bonds. The van der Waals surface area contributed by atoms with Gasteiger partial charge in [0.2, 0.25) is 0 Å². The second-order valence-corrected chi connectivity index (χ2v) is 3.11. The lowest BCUT2D eigenvalue weighted by molar-refractivity contribution is 0.945. The lowest BCUT2D eigenvalue weighted by atomic mass is 10.9. The van der Waals surface area contributed by atoms with Crippen LogP contribution in [0.25, 0.3) is 0 Å². The van der Waals surface area contributed by atoms with Gasteiger partial charge in [0.05, 0.1) is 12.4 Å². The van der Waals surface area contributed by atoms with Gasteiger partial charge < -0.3 is 0 Å². The topological polar surface area (TPSA) is 83.1 Å². The third-order valence-corrected chi connectivity index (χ3v) is 2.08. The van der Waals surface area contributed by atoms with Crippen molar-refractivity contribution in [2.24, 2.45) is 0 Å². The van der Waals surface area contributed by atoms with Gasteiger partial charge in [0, 0.05) is 0 Å². The zero-order valence-corrected chi connectivity index (χ0v) is 6.44. The van der Waals surface area contributed by atoms with E-state index < -0.39 is 0 Å². The molecule has 0 aliphatic carbocycles. The molecule has 0 unspecified atom stereocenters. The maximum Gasteiger partial charge on any atom is 0.108 e. The molecule has 2 rings (SSSR count). The highest BCUT2D eigenvalue weighted by atomic mass is 31.1.